The van der Waals surface area contributed by atoms with Crippen molar-refractivity contribution in [3.8, 4) is 17.0 Å². The molecule has 3 aromatic rings. The van der Waals surface area contributed by atoms with Crippen molar-refractivity contribution < 1.29 is 4.74 Å². The minimum Gasteiger partial charge on any atom is -0.497 e. The van der Waals surface area contributed by atoms with E-state index in [0.717, 1.165) is 28.0 Å². The number of nitrogens with zero attached hydrogens (tertiary/aromatic N) is 1. The molecule has 0 aliphatic rings. The molecule has 3 nitrogen and oxygen atoms in total. The van der Waals surface area contributed by atoms with E-state index in [-0.39, 0.29) is 0 Å². The number of pyridine rings is 1. The van der Waals surface area contributed by atoms with Crippen molar-refractivity contribution in [1.82, 2.24) is 9.97 Å². The minimum absolute atomic E-state index is 0.865. The van der Waals surface area contributed by atoms with Crippen molar-refractivity contribution in [3.63, 3.8) is 0 Å². The summed E-state index contributed by atoms with van der Waals surface area (Å²) in [7, 11) is 1.67. The summed E-state index contributed by atoms with van der Waals surface area (Å²) in [6.45, 7) is 2.05. The first-order valence-electron chi connectivity index (χ1n) is 5.86. The number of ether oxygens (including phenoxy) is 1. The maximum absolute atomic E-state index is 5.16. The Balaban J connectivity index is 2.07. The second-order valence-electron chi connectivity index (χ2n) is 4.36. The Labute approximate surface area is 105 Å². The maximum atomic E-state index is 5.16. The molecule has 1 aromatic carbocycles. The van der Waals surface area contributed by atoms with Crippen LogP contribution < -0.4 is 4.74 Å². The number of fused-ring (bicyclic) bond motifs is 1. The minimum atomic E-state index is 0.865. The smallest absolute Gasteiger partial charge is 0.137 e. The number of benzene rings is 1. The molecule has 0 atom stereocenters. The Bertz CT molecular complexity index is 683. The quantitative estimate of drug-likeness (QED) is 0.741. The summed E-state index contributed by atoms with van der Waals surface area (Å²) in [5.74, 6) is 0.865. The molecule has 1 N–H and O–H groups in total. The normalized spacial score (nSPS) is 10.8. The van der Waals surface area contributed by atoms with Crippen molar-refractivity contribution in [1.29, 1.82) is 0 Å². The fraction of sp³-hybridized carbons (Fsp3) is 0.133. The largest absolute Gasteiger partial charge is 0.497 e. The Hall–Kier alpha value is -2.29. The second-order valence-corrected chi connectivity index (χ2v) is 4.36. The Morgan fingerprint density at radius 1 is 1.11 bits per heavy atom. The van der Waals surface area contributed by atoms with Gasteiger partial charge in [-0.15, -0.1) is 0 Å². The predicted octanol–water partition coefficient (Wildman–Crippen LogP) is 3.55. The molecule has 3 heteroatoms. The second kappa shape index (κ2) is 4.18. The van der Waals surface area contributed by atoms with E-state index in [2.05, 4.69) is 22.1 Å². The predicted molar refractivity (Wildman–Crippen MR) is 72.8 cm³/mol. The van der Waals surface area contributed by atoms with Gasteiger partial charge in [0.1, 0.15) is 11.4 Å². The average molecular weight is 238 g/mol. The average Bonchev–Trinajstić information content (AvgIpc) is 2.81. The van der Waals surface area contributed by atoms with Gasteiger partial charge >= 0.3 is 0 Å². The van der Waals surface area contributed by atoms with Gasteiger partial charge < -0.3 is 9.72 Å². The summed E-state index contributed by atoms with van der Waals surface area (Å²) < 4.78 is 5.16. The van der Waals surface area contributed by atoms with Crippen molar-refractivity contribution in [3.05, 3.63) is 48.2 Å². The van der Waals surface area contributed by atoms with Gasteiger partial charge in [0.05, 0.1) is 7.11 Å². The highest BCUT2D eigenvalue weighted by Crippen LogP contribution is 2.25. The maximum Gasteiger partial charge on any atom is 0.137 e. The van der Waals surface area contributed by atoms with Crippen molar-refractivity contribution in [2.45, 2.75) is 6.92 Å². The van der Waals surface area contributed by atoms with Crippen LogP contribution in [0.4, 0.5) is 0 Å². The molecule has 0 bridgehead atoms. The van der Waals surface area contributed by atoms with Crippen LogP contribution in [0.25, 0.3) is 22.3 Å². The zero-order valence-corrected chi connectivity index (χ0v) is 10.4. The third kappa shape index (κ3) is 1.84. The molecule has 0 spiro atoms. The van der Waals surface area contributed by atoms with Crippen LogP contribution in [0.2, 0.25) is 0 Å². The van der Waals surface area contributed by atoms with E-state index in [1.165, 1.54) is 5.56 Å². The molecule has 2 aromatic heterocycles. The van der Waals surface area contributed by atoms with E-state index in [9.17, 15) is 0 Å². The van der Waals surface area contributed by atoms with E-state index in [0.29, 0.717) is 0 Å². The van der Waals surface area contributed by atoms with Crippen LogP contribution in [0.5, 0.6) is 5.75 Å². The van der Waals surface area contributed by atoms with Gasteiger partial charge in [-0.25, -0.2) is 4.98 Å². The zero-order chi connectivity index (χ0) is 12.5. The summed E-state index contributed by atoms with van der Waals surface area (Å²) >= 11 is 0. The van der Waals surface area contributed by atoms with Gasteiger partial charge in [0, 0.05) is 17.3 Å². The number of aromatic amines is 1. The Morgan fingerprint density at radius 2 is 1.89 bits per heavy atom. The van der Waals surface area contributed by atoms with Crippen molar-refractivity contribution >= 4 is 11.0 Å². The van der Waals surface area contributed by atoms with Crippen LogP contribution in [0.1, 0.15) is 5.56 Å². The fourth-order valence-electron chi connectivity index (χ4n) is 2.05. The van der Waals surface area contributed by atoms with Crippen LogP contribution in [-0.4, -0.2) is 17.1 Å². The molecule has 0 aliphatic carbocycles. The number of hydrogen-bond acceptors (Lipinski definition) is 2. The highest BCUT2D eigenvalue weighted by Gasteiger charge is 2.04. The highest BCUT2D eigenvalue weighted by molar-refractivity contribution is 5.83. The SMILES string of the molecule is COc1ccc(-c2cc3cc(C)cnc3[nH]2)cc1. The van der Waals surface area contributed by atoms with Crippen molar-refractivity contribution in [2.75, 3.05) is 7.11 Å². The molecule has 0 saturated carbocycles. The molecule has 0 saturated heterocycles. The number of aryl methyl sites for hydroxylation is 1. The first-order chi connectivity index (χ1) is 8.76. The lowest BCUT2D eigenvalue weighted by molar-refractivity contribution is 0.415. The third-order valence-electron chi connectivity index (χ3n) is 3.01. The highest BCUT2D eigenvalue weighted by atomic mass is 16.5. The molecular weight excluding hydrogens is 224 g/mol. The summed E-state index contributed by atoms with van der Waals surface area (Å²) in [6.07, 6.45) is 1.87. The first kappa shape index (κ1) is 10.8. The van der Waals surface area contributed by atoms with Gasteiger partial charge in [0.2, 0.25) is 0 Å². The lowest BCUT2D eigenvalue weighted by atomic mass is 10.1. The summed E-state index contributed by atoms with van der Waals surface area (Å²) in [6, 6.07) is 12.2. The Morgan fingerprint density at radius 3 is 2.61 bits per heavy atom. The summed E-state index contributed by atoms with van der Waals surface area (Å²) in [4.78, 5) is 7.71. The summed E-state index contributed by atoms with van der Waals surface area (Å²) in [5, 5.41) is 1.14. The molecule has 0 fully saturated rings. The molecular formula is C15H14N2O. The van der Waals surface area contributed by atoms with Crippen LogP contribution in [0.15, 0.2) is 42.6 Å². The zero-order valence-electron chi connectivity index (χ0n) is 10.4. The number of rotatable bonds is 2. The van der Waals surface area contributed by atoms with E-state index < -0.39 is 0 Å². The summed E-state index contributed by atoms with van der Waals surface area (Å²) in [5.41, 5.74) is 4.30. The van der Waals surface area contributed by atoms with E-state index in [1.807, 2.05) is 37.4 Å². The monoisotopic (exact) mass is 238 g/mol. The molecule has 2 heterocycles. The third-order valence-corrected chi connectivity index (χ3v) is 3.01. The topological polar surface area (TPSA) is 37.9 Å². The Kier molecular flexibility index (Phi) is 2.52. The van der Waals surface area contributed by atoms with E-state index in [1.54, 1.807) is 7.11 Å². The number of hydrogen-bond donors (Lipinski definition) is 1. The molecule has 0 amide bonds. The molecule has 90 valence electrons. The van der Waals surface area contributed by atoms with Gasteiger partial charge in [0.15, 0.2) is 0 Å². The molecule has 0 unspecified atom stereocenters. The van der Waals surface area contributed by atoms with Gasteiger partial charge in [0.25, 0.3) is 0 Å². The van der Waals surface area contributed by atoms with Crippen LogP contribution in [-0.2, 0) is 0 Å². The van der Waals surface area contributed by atoms with Gasteiger partial charge in [-0.2, -0.15) is 0 Å². The number of aromatic nitrogens is 2. The molecule has 18 heavy (non-hydrogen) atoms. The van der Waals surface area contributed by atoms with E-state index in [4.69, 9.17) is 4.74 Å². The fourth-order valence-corrected chi connectivity index (χ4v) is 2.05. The van der Waals surface area contributed by atoms with Gasteiger partial charge in [-0.1, -0.05) is 0 Å². The number of H-pyrrole nitrogens is 1. The number of nitrogens with one attached hydrogen (secondary N) is 1. The lowest BCUT2D eigenvalue weighted by Gasteiger charge is -2.00. The molecule has 0 radical (unpaired) electrons. The van der Waals surface area contributed by atoms with Crippen LogP contribution >= 0.6 is 0 Å². The first-order valence-corrected chi connectivity index (χ1v) is 5.86. The van der Waals surface area contributed by atoms with Gasteiger partial charge in [-0.05, 0) is 54.4 Å². The van der Waals surface area contributed by atoms with Crippen LogP contribution in [0.3, 0.4) is 0 Å². The molecule has 3 rings (SSSR count). The standard InChI is InChI=1S/C15H14N2O/c1-10-7-12-8-14(17-15(12)16-9-10)11-3-5-13(18-2)6-4-11/h3-9H,1-2H3,(H,16,17). The number of methoxy groups -OCH3 is 1. The van der Waals surface area contributed by atoms with Crippen LogP contribution in [0, 0.1) is 6.92 Å². The lowest BCUT2D eigenvalue weighted by Crippen LogP contribution is -1.82. The van der Waals surface area contributed by atoms with Gasteiger partial charge in [-0.3, -0.25) is 0 Å². The van der Waals surface area contributed by atoms with E-state index >= 15 is 0 Å². The van der Waals surface area contributed by atoms with Crippen molar-refractivity contribution in [2.24, 2.45) is 0 Å². The molecule has 0 aliphatic heterocycles.